The van der Waals surface area contributed by atoms with E-state index in [1.54, 1.807) is 32.4 Å². The molecule has 3 N–H and O–H groups in total. The standard InChI is InChI=1S/C42H40F2N5O7PS2/c1-47(2)37(50)17-20-48(32-14-11-28(12-15-32)39-45-18-21-58-39)41(53)34-8-5-19-49(34)40(52)33(23-26-9-10-27-6-3-4-7-29(27)22-26)46-38(51)36-25-30-24-31(13-16-35(30)59-36)42(43,44)57(54,55)56/h3-4,6-7,9-16,18,21-22,24-25,33-34H,5,8,17,19-20,23H2,1-2H3,(H,46,51)(H2,54,55,56)/t33?,34-/m0/s1. The summed E-state index contributed by atoms with van der Waals surface area (Å²) in [6.45, 7) is 0.308. The monoisotopic (exact) mass is 859 g/mol. The highest BCUT2D eigenvalue weighted by Gasteiger charge is 2.50. The fourth-order valence-corrected chi connectivity index (χ4v) is 9.22. The molecule has 2 aromatic heterocycles. The number of carbonyl (C=O) groups excluding carboxylic acids is 4. The van der Waals surface area contributed by atoms with E-state index in [0.29, 0.717) is 23.2 Å². The van der Waals surface area contributed by atoms with Gasteiger partial charge in [-0.15, -0.1) is 22.7 Å². The van der Waals surface area contributed by atoms with Crippen molar-refractivity contribution in [2.75, 3.05) is 32.1 Å². The summed E-state index contributed by atoms with van der Waals surface area (Å²) in [5.41, 5.74) is -3.17. The Labute approximate surface area is 346 Å². The molecule has 0 saturated carbocycles. The van der Waals surface area contributed by atoms with Crippen molar-refractivity contribution >= 4 is 80.4 Å². The Morgan fingerprint density at radius 3 is 2.41 bits per heavy atom. The van der Waals surface area contributed by atoms with E-state index in [1.165, 1.54) is 38.2 Å². The highest BCUT2D eigenvalue weighted by molar-refractivity contribution is 7.52. The molecule has 7 rings (SSSR count). The van der Waals surface area contributed by atoms with Crippen LogP contribution in [0.3, 0.4) is 0 Å². The number of aromatic nitrogens is 1. The summed E-state index contributed by atoms with van der Waals surface area (Å²) >= 11 is 2.45. The largest absolute Gasteiger partial charge is 0.399 e. The van der Waals surface area contributed by atoms with Crippen LogP contribution in [0.25, 0.3) is 31.4 Å². The second-order valence-electron chi connectivity index (χ2n) is 14.5. The minimum absolute atomic E-state index is 0.0435. The van der Waals surface area contributed by atoms with Crippen molar-refractivity contribution in [3.8, 4) is 10.6 Å². The number of thiazole rings is 1. The van der Waals surface area contributed by atoms with Crippen molar-refractivity contribution in [1.82, 2.24) is 20.1 Å². The SMILES string of the molecule is CN(C)C(=O)CCN(C(=O)[C@@H]1CCCN1C(=O)C(Cc1ccc2ccccc2c1)NC(=O)c1cc2cc(C(F)(F)P(=O)(O)O)ccc2s1)c1ccc(-c2nccs2)cc1. The third-order valence-electron chi connectivity index (χ3n) is 10.3. The minimum Gasteiger partial charge on any atom is -0.349 e. The van der Waals surface area contributed by atoms with Gasteiger partial charge in [0, 0.05) is 73.1 Å². The van der Waals surface area contributed by atoms with Gasteiger partial charge in [-0.2, -0.15) is 8.78 Å². The fourth-order valence-electron chi connectivity index (χ4n) is 7.16. The minimum atomic E-state index is -5.83. The second kappa shape index (κ2) is 17.1. The van der Waals surface area contributed by atoms with E-state index in [9.17, 15) is 42.3 Å². The summed E-state index contributed by atoms with van der Waals surface area (Å²) in [6, 6.07) is 23.1. The predicted octanol–water partition coefficient (Wildman–Crippen LogP) is 7.25. The van der Waals surface area contributed by atoms with Crippen LogP contribution >= 0.6 is 30.3 Å². The zero-order chi connectivity index (χ0) is 42.1. The summed E-state index contributed by atoms with van der Waals surface area (Å²) in [6.07, 6.45) is 2.69. The number of amides is 4. The number of rotatable bonds is 13. The Morgan fingerprint density at radius 2 is 1.71 bits per heavy atom. The van der Waals surface area contributed by atoms with Gasteiger partial charge in [-0.05, 0) is 77.0 Å². The molecule has 1 aliphatic heterocycles. The number of alkyl halides is 2. The molecule has 0 bridgehead atoms. The molecule has 1 saturated heterocycles. The van der Waals surface area contributed by atoms with Gasteiger partial charge in [-0.25, -0.2) is 4.98 Å². The second-order valence-corrected chi connectivity index (χ2v) is 18.1. The Bertz CT molecular complexity index is 2580. The topological polar surface area (TPSA) is 160 Å². The molecule has 306 valence electrons. The molecule has 0 radical (unpaired) electrons. The quantitative estimate of drug-likeness (QED) is 0.103. The summed E-state index contributed by atoms with van der Waals surface area (Å²) in [5.74, 6) is -1.70. The molecule has 4 aromatic carbocycles. The maximum absolute atomic E-state index is 14.7. The molecule has 0 aliphatic carbocycles. The van der Waals surface area contributed by atoms with Gasteiger partial charge in [0.1, 0.15) is 17.1 Å². The number of likely N-dealkylation sites (tertiary alicyclic amines) is 1. The van der Waals surface area contributed by atoms with Gasteiger partial charge < -0.3 is 29.8 Å². The molecule has 4 amide bonds. The molecule has 1 aliphatic rings. The molecule has 1 fully saturated rings. The van der Waals surface area contributed by atoms with Crippen LogP contribution in [-0.4, -0.2) is 87.5 Å². The van der Waals surface area contributed by atoms with Gasteiger partial charge in [0.05, 0.1) is 4.88 Å². The van der Waals surface area contributed by atoms with E-state index in [1.807, 2.05) is 60.0 Å². The molecular weight excluding hydrogens is 820 g/mol. The summed E-state index contributed by atoms with van der Waals surface area (Å²) < 4.78 is 41.1. The van der Waals surface area contributed by atoms with Gasteiger partial charge in [0.25, 0.3) is 5.91 Å². The smallest absolute Gasteiger partial charge is 0.349 e. The van der Waals surface area contributed by atoms with Gasteiger partial charge in [0.15, 0.2) is 0 Å². The molecule has 6 aromatic rings. The van der Waals surface area contributed by atoms with Crippen LogP contribution in [0.2, 0.25) is 0 Å². The van der Waals surface area contributed by atoms with Crippen LogP contribution in [0, 0.1) is 0 Å². The van der Waals surface area contributed by atoms with Crippen LogP contribution < -0.4 is 10.2 Å². The van der Waals surface area contributed by atoms with Crippen LogP contribution in [0.1, 0.15) is 40.1 Å². The highest BCUT2D eigenvalue weighted by atomic mass is 32.1. The lowest BCUT2D eigenvalue weighted by atomic mass is 10.00. The molecule has 2 atom stereocenters. The lowest BCUT2D eigenvalue weighted by Gasteiger charge is -2.33. The highest BCUT2D eigenvalue weighted by Crippen LogP contribution is 2.59. The van der Waals surface area contributed by atoms with Crippen molar-refractivity contribution in [1.29, 1.82) is 0 Å². The molecule has 0 spiro atoms. The molecule has 59 heavy (non-hydrogen) atoms. The number of fused-ring (bicyclic) bond motifs is 2. The van der Waals surface area contributed by atoms with Crippen LogP contribution in [0.5, 0.6) is 0 Å². The van der Waals surface area contributed by atoms with Crippen molar-refractivity contribution in [2.24, 2.45) is 0 Å². The summed E-state index contributed by atoms with van der Waals surface area (Å²) in [7, 11) is -2.55. The number of nitrogens with one attached hydrogen (secondary N) is 1. The van der Waals surface area contributed by atoms with Crippen molar-refractivity contribution in [3.05, 3.63) is 119 Å². The molecular formula is C42H40F2N5O7PS2. The normalized spacial score (nSPS) is 15.0. The number of nitrogens with zero attached hydrogens (tertiary/aromatic N) is 4. The Balaban J connectivity index is 1.18. The molecule has 12 nitrogen and oxygen atoms in total. The van der Waals surface area contributed by atoms with Gasteiger partial charge in [-0.1, -0.05) is 48.5 Å². The Kier molecular flexibility index (Phi) is 12.1. The lowest BCUT2D eigenvalue weighted by Crippen LogP contribution is -2.55. The first-order valence-corrected chi connectivity index (χ1v) is 22.0. The van der Waals surface area contributed by atoms with Crippen LogP contribution in [0.4, 0.5) is 14.5 Å². The van der Waals surface area contributed by atoms with E-state index in [-0.39, 0.29) is 48.0 Å². The summed E-state index contributed by atoms with van der Waals surface area (Å²) in [4.78, 5) is 83.4. The third-order valence-corrected chi connectivity index (χ3v) is 13.2. The van der Waals surface area contributed by atoms with Crippen LogP contribution in [-0.2, 0) is 31.0 Å². The zero-order valence-corrected chi connectivity index (χ0v) is 34.5. The summed E-state index contributed by atoms with van der Waals surface area (Å²) in [5, 5.41) is 7.61. The number of anilines is 1. The Morgan fingerprint density at radius 1 is 0.966 bits per heavy atom. The van der Waals surface area contributed by atoms with E-state index in [4.69, 9.17) is 0 Å². The molecule has 1 unspecified atom stereocenters. The number of hydrogen-bond acceptors (Lipinski definition) is 8. The van der Waals surface area contributed by atoms with Crippen molar-refractivity contribution in [3.63, 3.8) is 0 Å². The first kappa shape index (κ1) is 41.8. The van der Waals surface area contributed by atoms with Gasteiger partial charge >= 0.3 is 13.3 Å². The maximum atomic E-state index is 14.7. The fraction of sp³-hybridized carbons (Fsp3) is 0.262. The van der Waals surface area contributed by atoms with E-state index in [2.05, 4.69) is 10.3 Å². The zero-order valence-electron chi connectivity index (χ0n) is 32.0. The van der Waals surface area contributed by atoms with E-state index in [0.717, 1.165) is 50.4 Å². The average Bonchev–Trinajstić information content (AvgIpc) is 4.02. The lowest BCUT2D eigenvalue weighted by molar-refractivity contribution is -0.139. The number of thiophene rings is 1. The molecule has 3 heterocycles. The van der Waals surface area contributed by atoms with Gasteiger partial charge in [-0.3, -0.25) is 23.7 Å². The molecule has 17 heteroatoms. The predicted molar refractivity (Wildman–Crippen MR) is 225 cm³/mol. The van der Waals surface area contributed by atoms with E-state index < -0.39 is 42.7 Å². The number of benzene rings is 4. The number of carbonyl (C=O) groups is 4. The van der Waals surface area contributed by atoms with Gasteiger partial charge in [0.2, 0.25) is 17.7 Å². The first-order valence-electron chi connectivity index (χ1n) is 18.7. The van der Waals surface area contributed by atoms with E-state index >= 15 is 0 Å². The van der Waals surface area contributed by atoms with Crippen molar-refractivity contribution < 1.29 is 42.3 Å². The number of halogens is 2. The van der Waals surface area contributed by atoms with Crippen LogP contribution in [0.15, 0.2) is 103 Å². The third kappa shape index (κ3) is 8.97. The average molecular weight is 860 g/mol. The first-order chi connectivity index (χ1) is 28.1. The maximum Gasteiger partial charge on any atom is 0.399 e. The Hall–Kier alpha value is -5.38. The van der Waals surface area contributed by atoms with Crippen molar-refractivity contribution in [2.45, 2.75) is 43.4 Å². The number of hydrogen-bond donors (Lipinski definition) is 3.